The molecule has 0 bridgehead atoms. The third kappa shape index (κ3) is 4.60. The van der Waals surface area contributed by atoms with Crippen LogP contribution in [0.1, 0.15) is 32.6 Å². The van der Waals surface area contributed by atoms with Crippen LogP contribution in [0, 0.1) is 0 Å². The SMILES string of the molecule is CCC(C)NC(=O)CCc1ncc(-c2ccc(Cl)cc2)o1. The normalized spacial score (nSPS) is 12.1. The summed E-state index contributed by atoms with van der Waals surface area (Å²) in [4.78, 5) is 15.9. The second-order valence-electron chi connectivity index (χ2n) is 5.00. The van der Waals surface area contributed by atoms with Crippen molar-refractivity contribution in [2.24, 2.45) is 0 Å². The number of benzene rings is 1. The second kappa shape index (κ2) is 7.27. The Labute approximate surface area is 129 Å². The number of nitrogens with zero attached hydrogens (tertiary/aromatic N) is 1. The Balaban J connectivity index is 1.91. The number of oxazole rings is 1. The Bertz CT molecular complexity index is 593. The van der Waals surface area contributed by atoms with Gasteiger partial charge >= 0.3 is 0 Å². The van der Waals surface area contributed by atoms with Crippen molar-refractivity contribution in [2.75, 3.05) is 0 Å². The number of amides is 1. The molecule has 0 saturated carbocycles. The van der Waals surface area contributed by atoms with E-state index < -0.39 is 0 Å². The molecule has 1 N–H and O–H groups in total. The lowest BCUT2D eigenvalue weighted by atomic mass is 10.2. The first-order valence-corrected chi connectivity index (χ1v) is 7.46. The van der Waals surface area contributed by atoms with Gasteiger partial charge in [-0.1, -0.05) is 18.5 Å². The van der Waals surface area contributed by atoms with Gasteiger partial charge in [0.25, 0.3) is 0 Å². The van der Waals surface area contributed by atoms with Gasteiger partial charge in [-0.05, 0) is 37.6 Å². The number of carbonyl (C=O) groups excluding carboxylic acids is 1. The highest BCUT2D eigenvalue weighted by molar-refractivity contribution is 6.30. The highest BCUT2D eigenvalue weighted by Gasteiger charge is 2.10. The Hall–Kier alpha value is -1.81. The zero-order chi connectivity index (χ0) is 15.2. The summed E-state index contributed by atoms with van der Waals surface area (Å²) in [7, 11) is 0. The molecule has 21 heavy (non-hydrogen) atoms. The molecule has 0 spiro atoms. The molecule has 1 aromatic carbocycles. The van der Waals surface area contributed by atoms with E-state index in [0.29, 0.717) is 29.5 Å². The minimum absolute atomic E-state index is 0.0237. The van der Waals surface area contributed by atoms with Crippen molar-refractivity contribution in [1.82, 2.24) is 10.3 Å². The zero-order valence-corrected chi connectivity index (χ0v) is 13.0. The average molecular weight is 307 g/mol. The molecule has 1 heterocycles. The maximum atomic E-state index is 11.7. The lowest BCUT2D eigenvalue weighted by Crippen LogP contribution is -2.32. The molecule has 1 atom stereocenters. The van der Waals surface area contributed by atoms with E-state index in [1.165, 1.54) is 0 Å². The van der Waals surface area contributed by atoms with E-state index in [1.54, 1.807) is 18.3 Å². The fourth-order valence-electron chi connectivity index (χ4n) is 1.84. The van der Waals surface area contributed by atoms with Crippen molar-refractivity contribution in [2.45, 2.75) is 39.2 Å². The summed E-state index contributed by atoms with van der Waals surface area (Å²) < 4.78 is 5.66. The quantitative estimate of drug-likeness (QED) is 0.882. The maximum absolute atomic E-state index is 11.7. The van der Waals surface area contributed by atoms with E-state index in [9.17, 15) is 4.79 Å². The lowest BCUT2D eigenvalue weighted by molar-refractivity contribution is -0.121. The van der Waals surface area contributed by atoms with Gasteiger partial charge in [0.2, 0.25) is 5.91 Å². The minimum Gasteiger partial charge on any atom is -0.441 e. The van der Waals surface area contributed by atoms with Crippen molar-refractivity contribution in [3.05, 3.63) is 41.4 Å². The highest BCUT2D eigenvalue weighted by atomic mass is 35.5. The van der Waals surface area contributed by atoms with Gasteiger partial charge in [0.1, 0.15) is 0 Å². The van der Waals surface area contributed by atoms with Crippen LogP contribution in [-0.4, -0.2) is 16.9 Å². The van der Waals surface area contributed by atoms with Crippen molar-refractivity contribution in [1.29, 1.82) is 0 Å². The van der Waals surface area contributed by atoms with Crippen LogP contribution < -0.4 is 5.32 Å². The van der Waals surface area contributed by atoms with Gasteiger partial charge in [0.05, 0.1) is 6.20 Å². The molecule has 1 aromatic heterocycles. The third-order valence-electron chi connectivity index (χ3n) is 3.27. The topological polar surface area (TPSA) is 55.1 Å². The Morgan fingerprint density at radius 3 is 2.76 bits per heavy atom. The molecule has 0 aliphatic rings. The van der Waals surface area contributed by atoms with Crippen LogP contribution in [0.4, 0.5) is 0 Å². The summed E-state index contributed by atoms with van der Waals surface area (Å²) >= 11 is 5.85. The first kappa shape index (κ1) is 15.6. The predicted octanol–water partition coefficient (Wildman–Crippen LogP) is 3.84. The number of rotatable bonds is 6. The Morgan fingerprint density at radius 1 is 1.38 bits per heavy atom. The maximum Gasteiger partial charge on any atom is 0.220 e. The van der Waals surface area contributed by atoms with Gasteiger partial charge in [0.15, 0.2) is 11.7 Å². The van der Waals surface area contributed by atoms with Gasteiger partial charge < -0.3 is 9.73 Å². The molecule has 112 valence electrons. The fourth-order valence-corrected chi connectivity index (χ4v) is 1.97. The molecule has 2 aromatic rings. The molecule has 2 rings (SSSR count). The van der Waals surface area contributed by atoms with E-state index in [-0.39, 0.29) is 11.9 Å². The molecular formula is C16H19ClN2O2. The fraction of sp³-hybridized carbons (Fsp3) is 0.375. The monoisotopic (exact) mass is 306 g/mol. The molecule has 0 aliphatic carbocycles. The van der Waals surface area contributed by atoms with Crippen molar-refractivity contribution >= 4 is 17.5 Å². The summed E-state index contributed by atoms with van der Waals surface area (Å²) in [6.45, 7) is 4.03. The smallest absolute Gasteiger partial charge is 0.220 e. The molecule has 0 radical (unpaired) electrons. The first-order valence-electron chi connectivity index (χ1n) is 7.08. The van der Waals surface area contributed by atoms with Crippen LogP contribution in [0.3, 0.4) is 0 Å². The number of hydrogen-bond donors (Lipinski definition) is 1. The third-order valence-corrected chi connectivity index (χ3v) is 3.52. The van der Waals surface area contributed by atoms with E-state index in [0.717, 1.165) is 12.0 Å². The summed E-state index contributed by atoms with van der Waals surface area (Å²) in [5.74, 6) is 1.28. The van der Waals surface area contributed by atoms with Crippen molar-refractivity contribution in [3.8, 4) is 11.3 Å². The second-order valence-corrected chi connectivity index (χ2v) is 5.44. The summed E-state index contributed by atoms with van der Waals surface area (Å²) in [5.41, 5.74) is 0.919. The average Bonchev–Trinajstić information content (AvgIpc) is 2.94. The van der Waals surface area contributed by atoms with Crippen LogP contribution >= 0.6 is 11.6 Å². The molecule has 1 unspecified atom stereocenters. The van der Waals surface area contributed by atoms with Gasteiger partial charge in [-0.3, -0.25) is 4.79 Å². The van der Waals surface area contributed by atoms with Crippen molar-refractivity contribution in [3.63, 3.8) is 0 Å². The number of hydrogen-bond acceptors (Lipinski definition) is 3. The molecule has 4 nitrogen and oxygen atoms in total. The number of nitrogens with one attached hydrogen (secondary N) is 1. The van der Waals surface area contributed by atoms with Crippen LogP contribution in [0.25, 0.3) is 11.3 Å². The van der Waals surface area contributed by atoms with Crippen LogP contribution in [-0.2, 0) is 11.2 Å². The van der Waals surface area contributed by atoms with E-state index >= 15 is 0 Å². The summed E-state index contributed by atoms with van der Waals surface area (Å²) in [5, 5.41) is 3.60. The molecule has 5 heteroatoms. The van der Waals surface area contributed by atoms with Gasteiger partial charge in [0, 0.05) is 29.5 Å². The molecule has 0 saturated heterocycles. The Morgan fingerprint density at radius 2 is 2.10 bits per heavy atom. The first-order chi connectivity index (χ1) is 10.1. The summed E-state index contributed by atoms with van der Waals surface area (Å²) in [6.07, 6.45) is 3.47. The predicted molar refractivity (Wildman–Crippen MR) is 83.2 cm³/mol. The Kier molecular flexibility index (Phi) is 5.39. The minimum atomic E-state index is 0.0237. The van der Waals surface area contributed by atoms with E-state index in [4.69, 9.17) is 16.0 Å². The largest absolute Gasteiger partial charge is 0.441 e. The molecular weight excluding hydrogens is 288 g/mol. The van der Waals surface area contributed by atoms with E-state index in [1.807, 2.05) is 26.0 Å². The molecule has 1 amide bonds. The van der Waals surface area contributed by atoms with Crippen LogP contribution in [0.5, 0.6) is 0 Å². The number of carbonyl (C=O) groups is 1. The van der Waals surface area contributed by atoms with Crippen LogP contribution in [0.15, 0.2) is 34.9 Å². The van der Waals surface area contributed by atoms with Crippen molar-refractivity contribution < 1.29 is 9.21 Å². The number of aryl methyl sites for hydroxylation is 1. The van der Waals surface area contributed by atoms with Gasteiger partial charge in [-0.15, -0.1) is 0 Å². The molecule has 0 fully saturated rings. The van der Waals surface area contributed by atoms with Crippen LogP contribution in [0.2, 0.25) is 5.02 Å². The number of halogens is 1. The standard InChI is InChI=1S/C16H19ClN2O2/c1-3-11(2)19-15(20)8-9-16-18-10-14(21-16)12-4-6-13(17)7-5-12/h4-7,10-11H,3,8-9H2,1-2H3,(H,19,20). The summed E-state index contributed by atoms with van der Waals surface area (Å²) in [6, 6.07) is 7.56. The van der Waals surface area contributed by atoms with Gasteiger partial charge in [-0.2, -0.15) is 0 Å². The highest BCUT2D eigenvalue weighted by Crippen LogP contribution is 2.22. The molecule has 0 aliphatic heterocycles. The zero-order valence-electron chi connectivity index (χ0n) is 12.2. The van der Waals surface area contributed by atoms with Gasteiger partial charge in [-0.25, -0.2) is 4.98 Å². The lowest BCUT2D eigenvalue weighted by Gasteiger charge is -2.10. The van der Waals surface area contributed by atoms with E-state index in [2.05, 4.69) is 10.3 Å². The number of aromatic nitrogens is 1.